The number of methoxy groups -OCH3 is 1. The molecule has 5 heteroatoms. The van der Waals surface area contributed by atoms with Crippen LogP contribution in [0.15, 0.2) is 12.1 Å². The summed E-state index contributed by atoms with van der Waals surface area (Å²) >= 11 is 0. The Balaban J connectivity index is 1.47. The zero-order chi connectivity index (χ0) is 23.9. The summed E-state index contributed by atoms with van der Waals surface area (Å²) in [5.41, 5.74) is 0.783. The van der Waals surface area contributed by atoms with Gasteiger partial charge in [0.15, 0.2) is 11.5 Å². The average molecular weight is 468 g/mol. The number of likely N-dealkylation sites (tertiary alicyclic amines) is 1. The molecule has 8 rings (SSSR count). The first-order chi connectivity index (χ1) is 16.0. The molecule has 186 valence electrons. The topological polar surface area (TPSA) is 62.2 Å². The van der Waals surface area contributed by atoms with E-state index in [-0.39, 0.29) is 34.0 Å². The lowest BCUT2D eigenvalue weighted by molar-refractivity contribution is -0.312. The van der Waals surface area contributed by atoms with Crippen LogP contribution in [0.4, 0.5) is 0 Å². The maximum absolute atomic E-state index is 12.2. The maximum Gasteiger partial charge on any atom is 0.165 e. The van der Waals surface area contributed by atoms with Gasteiger partial charge in [-0.1, -0.05) is 26.8 Å². The molecule has 4 saturated carbocycles. The van der Waals surface area contributed by atoms with E-state index in [1.54, 1.807) is 0 Å². The van der Waals surface area contributed by atoms with Crippen LogP contribution in [-0.2, 0) is 16.6 Å². The van der Waals surface area contributed by atoms with Crippen molar-refractivity contribution in [2.75, 3.05) is 20.2 Å². The van der Waals surface area contributed by atoms with Gasteiger partial charge in [0.1, 0.15) is 11.7 Å². The summed E-state index contributed by atoms with van der Waals surface area (Å²) in [5, 5.41) is 23.2. The van der Waals surface area contributed by atoms with Crippen molar-refractivity contribution >= 4 is 0 Å². The fourth-order valence-electron chi connectivity index (χ4n) is 9.58. The maximum atomic E-state index is 12.2. The molecule has 1 aromatic carbocycles. The van der Waals surface area contributed by atoms with Gasteiger partial charge in [-0.05, 0) is 81.4 Å². The number of rotatable bonds is 4. The highest BCUT2D eigenvalue weighted by molar-refractivity contribution is 5.63. The van der Waals surface area contributed by atoms with E-state index in [1.165, 1.54) is 30.5 Å². The van der Waals surface area contributed by atoms with Crippen molar-refractivity contribution in [1.29, 1.82) is 0 Å². The molecule has 2 heterocycles. The third kappa shape index (κ3) is 2.25. The smallest absolute Gasteiger partial charge is 0.165 e. The van der Waals surface area contributed by atoms with Crippen molar-refractivity contribution in [3.8, 4) is 11.5 Å². The molecule has 2 aliphatic heterocycles. The Morgan fingerprint density at radius 1 is 1.15 bits per heavy atom. The van der Waals surface area contributed by atoms with Crippen LogP contribution >= 0.6 is 0 Å². The predicted molar refractivity (Wildman–Crippen MR) is 130 cm³/mol. The van der Waals surface area contributed by atoms with Crippen LogP contribution in [0, 0.1) is 22.7 Å². The van der Waals surface area contributed by atoms with Crippen LogP contribution in [0.2, 0.25) is 0 Å². The first kappa shape index (κ1) is 21.9. The summed E-state index contributed by atoms with van der Waals surface area (Å²) in [6, 6.07) is 4.46. The second-order valence-electron chi connectivity index (χ2n) is 13.8. The van der Waals surface area contributed by atoms with Gasteiger partial charge in [-0.2, -0.15) is 0 Å². The van der Waals surface area contributed by atoms with Crippen LogP contribution in [0.5, 0.6) is 11.5 Å². The fourth-order valence-corrected chi connectivity index (χ4v) is 9.58. The van der Waals surface area contributed by atoms with Crippen LogP contribution in [0.1, 0.15) is 77.3 Å². The van der Waals surface area contributed by atoms with Crippen LogP contribution < -0.4 is 4.74 Å². The molecular formula is C29H41NO4. The van der Waals surface area contributed by atoms with Crippen molar-refractivity contribution in [3.63, 3.8) is 0 Å². The monoisotopic (exact) mass is 467 g/mol. The SMILES string of the molecule is COC12CC[C@]3(C[C@@H]1[C@](C)(O)C(C)(C)C)[C@H]1Cc4ccc(O)c5c4[C@@]3(CCN1CC1CC1)[C@H]2O5. The molecule has 0 amide bonds. The van der Waals surface area contributed by atoms with Gasteiger partial charge in [0.2, 0.25) is 0 Å². The first-order valence-corrected chi connectivity index (χ1v) is 13.6. The minimum absolute atomic E-state index is 0.0294. The Morgan fingerprint density at radius 3 is 2.59 bits per heavy atom. The van der Waals surface area contributed by atoms with Gasteiger partial charge in [-0.3, -0.25) is 4.90 Å². The molecule has 1 unspecified atom stereocenters. The number of aliphatic hydroxyl groups is 1. The molecule has 2 spiro atoms. The molecule has 0 aromatic heterocycles. The van der Waals surface area contributed by atoms with E-state index in [4.69, 9.17) is 9.47 Å². The third-order valence-corrected chi connectivity index (χ3v) is 11.9. The Bertz CT molecular complexity index is 1060. The van der Waals surface area contributed by atoms with Gasteiger partial charge in [0, 0.05) is 42.0 Å². The lowest BCUT2D eigenvalue weighted by atomic mass is 9.33. The molecule has 34 heavy (non-hydrogen) atoms. The van der Waals surface area contributed by atoms with Crippen LogP contribution in [0.25, 0.3) is 0 Å². The van der Waals surface area contributed by atoms with E-state index < -0.39 is 11.2 Å². The normalized spacial score (nSPS) is 43.9. The number of aromatic hydroxyl groups is 1. The summed E-state index contributed by atoms with van der Waals surface area (Å²) in [7, 11) is 1.83. The molecule has 7 atom stereocenters. The fraction of sp³-hybridized carbons (Fsp3) is 0.793. The Morgan fingerprint density at radius 2 is 1.91 bits per heavy atom. The van der Waals surface area contributed by atoms with E-state index in [0.717, 1.165) is 44.6 Å². The van der Waals surface area contributed by atoms with E-state index >= 15 is 0 Å². The van der Waals surface area contributed by atoms with Gasteiger partial charge in [-0.15, -0.1) is 0 Å². The lowest BCUT2D eigenvalue weighted by Gasteiger charge is -2.75. The highest BCUT2D eigenvalue weighted by atomic mass is 16.6. The predicted octanol–water partition coefficient (Wildman–Crippen LogP) is 4.41. The molecule has 7 aliphatic rings. The molecular weight excluding hydrogens is 426 g/mol. The highest BCUT2D eigenvalue weighted by Crippen LogP contribution is 2.78. The Hall–Kier alpha value is -1.30. The molecule has 1 saturated heterocycles. The van der Waals surface area contributed by atoms with Crippen LogP contribution in [0.3, 0.4) is 0 Å². The minimum atomic E-state index is -0.909. The van der Waals surface area contributed by atoms with Gasteiger partial charge >= 0.3 is 0 Å². The quantitative estimate of drug-likeness (QED) is 0.687. The number of piperidine rings is 1. The Kier molecular flexibility index (Phi) is 4.08. The number of hydrogen-bond acceptors (Lipinski definition) is 5. The number of phenols is 1. The highest BCUT2D eigenvalue weighted by Gasteiger charge is 2.82. The molecule has 4 bridgehead atoms. The number of phenolic OH excluding ortho intramolecular Hbond substituents is 1. The minimum Gasteiger partial charge on any atom is -0.504 e. The zero-order valence-corrected chi connectivity index (χ0v) is 21.5. The average Bonchev–Trinajstić information content (AvgIpc) is 3.53. The molecule has 5 fully saturated rings. The van der Waals surface area contributed by atoms with Gasteiger partial charge in [0.05, 0.1) is 5.60 Å². The summed E-state index contributed by atoms with van der Waals surface area (Å²) in [5.74, 6) is 1.80. The summed E-state index contributed by atoms with van der Waals surface area (Å²) in [6.07, 6.45) is 7.64. The van der Waals surface area contributed by atoms with Gasteiger partial charge in [0.25, 0.3) is 0 Å². The van der Waals surface area contributed by atoms with Gasteiger partial charge < -0.3 is 19.7 Å². The van der Waals surface area contributed by atoms with E-state index in [1.807, 2.05) is 20.1 Å². The second kappa shape index (κ2) is 6.33. The summed E-state index contributed by atoms with van der Waals surface area (Å²) in [6.45, 7) is 10.8. The molecule has 5 aliphatic carbocycles. The lowest BCUT2D eigenvalue weighted by Crippen LogP contribution is -2.83. The summed E-state index contributed by atoms with van der Waals surface area (Å²) in [4.78, 5) is 2.82. The Labute approximate surface area is 203 Å². The second-order valence-corrected chi connectivity index (χ2v) is 13.8. The number of ether oxygens (including phenoxy) is 2. The van der Waals surface area contributed by atoms with Gasteiger partial charge in [-0.25, -0.2) is 0 Å². The standard InChI is InChI=1S/C29H41NO4/c1-25(2,3)26(4,32)20-15-27-10-11-29(20,33-5)24-28(27)12-13-30(16-17-6-7-17)21(27)14-18-8-9-19(31)23(34-24)22(18)28/h8-9,17,20-21,24,31-32H,6-7,10-16H2,1-5H3/t20-,21-,24-,26+,27+,28+,29?/m1/s1. The molecule has 2 N–H and O–H groups in total. The number of fused-ring (bicyclic) bond motifs is 2. The van der Waals surface area contributed by atoms with Crippen molar-refractivity contribution in [2.24, 2.45) is 22.7 Å². The van der Waals surface area contributed by atoms with E-state index in [2.05, 4.69) is 31.7 Å². The largest absolute Gasteiger partial charge is 0.504 e. The third-order valence-electron chi connectivity index (χ3n) is 11.9. The van der Waals surface area contributed by atoms with Crippen molar-refractivity contribution < 1.29 is 19.7 Å². The van der Waals surface area contributed by atoms with Crippen LogP contribution in [-0.4, -0.2) is 58.7 Å². The van der Waals surface area contributed by atoms with E-state index in [9.17, 15) is 10.2 Å². The van der Waals surface area contributed by atoms with Crippen molar-refractivity contribution in [3.05, 3.63) is 23.3 Å². The molecule has 1 aromatic rings. The number of nitrogens with zero attached hydrogens (tertiary/aromatic N) is 1. The van der Waals surface area contributed by atoms with E-state index in [0.29, 0.717) is 11.8 Å². The summed E-state index contributed by atoms with van der Waals surface area (Å²) < 4.78 is 13.5. The first-order valence-electron chi connectivity index (χ1n) is 13.6. The van der Waals surface area contributed by atoms with Crippen molar-refractivity contribution in [1.82, 2.24) is 4.90 Å². The number of benzene rings is 1. The number of hydrogen-bond donors (Lipinski definition) is 2. The van der Waals surface area contributed by atoms with Crippen molar-refractivity contribution in [2.45, 2.75) is 101 Å². The molecule has 5 nitrogen and oxygen atoms in total. The molecule has 0 radical (unpaired) electrons. The zero-order valence-electron chi connectivity index (χ0n) is 21.5.